The van der Waals surface area contributed by atoms with E-state index in [0.29, 0.717) is 10.6 Å². The van der Waals surface area contributed by atoms with Crippen LogP contribution in [0.25, 0.3) is 22.1 Å². The minimum atomic E-state index is -0.0772. The summed E-state index contributed by atoms with van der Waals surface area (Å²) in [6.45, 7) is 4.03. The summed E-state index contributed by atoms with van der Waals surface area (Å²) in [5.74, 6) is 0.169. The van der Waals surface area contributed by atoms with Gasteiger partial charge in [0.25, 0.3) is 0 Å². The first-order chi connectivity index (χ1) is 12.6. The third-order valence-corrected chi connectivity index (χ3v) is 5.31. The van der Waals surface area contributed by atoms with Crippen LogP contribution in [-0.2, 0) is 4.79 Å². The average Bonchev–Trinajstić information content (AvgIpc) is 3.03. The van der Waals surface area contributed by atoms with Gasteiger partial charge in [0.05, 0.1) is 5.75 Å². The molecule has 4 aromatic rings. The van der Waals surface area contributed by atoms with Crippen LogP contribution in [0, 0.1) is 13.8 Å². The first-order valence-corrected chi connectivity index (χ1v) is 9.23. The summed E-state index contributed by atoms with van der Waals surface area (Å²) in [4.78, 5) is 21.0. The number of carbonyl (C=O) groups excluding carboxylic acids is 1. The van der Waals surface area contributed by atoms with Crippen molar-refractivity contribution >= 4 is 45.4 Å². The first kappa shape index (κ1) is 16.6. The van der Waals surface area contributed by atoms with Gasteiger partial charge in [-0.15, -0.1) is 0 Å². The molecule has 0 bridgehead atoms. The van der Waals surface area contributed by atoms with Crippen LogP contribution in [0.4, 0.5) is 5.69 Å². The molecule has 0 fully saturated rings. The van der Waals surface area contributed by atoms with Gasteiger partial charge in [0.2, 0.25) is 5.91 Å². The van der Waals surface area contributed by atoms with Gasteiger partial charge in [-0.3, -0.25) is 4.79 Å². The third kappa shape index (κ3) is 3.04. The minimum Gasteiger partial charge on any atom is -0.451 e. The zero-order valence-corrected chi connectivity index (χ0v) is 15.3. The molecule has 6 heteroatoms. The van der Waals surface area contributed by atoms with Gasteiger partial charge in [0.1, 0.15) is 22.5 Å². The molecule has 0 atom stereocenters. The topological polar surface area (TPSA) is 68.0 Å². The highest BCUT2D eigenvalue weighted by Gasteiger charge is 2.15. The number of carbonyl (C=O) groups is 1. The lowest BCUT2D eigenvalue weighted by atomic mass is 10.1. The maximum atomic E-state index is 12.4. The molecule has 5 nitrogen and oxygen atoms in total. The number of nitrogens with one attached hydrogen (secondary N) is 1. The lowest BCUT2D eigenvalue weighted by Crippen LogP contribution is -2.15. The highest BCUT2D eigenvalue weighted by Crippen LogP contribution is 2.32. The molecule has 0 saturated heterocycles. The van der Waals surface area contributed by atoms with Crippen LogP contribution in [0.15, 0.2) is 58.2 Å². The predicted molar refractivity (Wildman–Crippen MR) is 105 cm³/mol. The van der Waals surface area contributed by atoms with Crippen molar-refractivity contribution in [1.82, 2.24) is 9.97 Å². The molecule has 130 valence electrons. The Labute approximate surface area is 154 Å². The van der Waals surface area contributed by atoms with Gasteiger partial charge >= 0.3 is 0 Å². The van der Waals surface area contributed by atoms with Gasteiger partial charge in [-0.05, 0) is 43.2 Å². The van der Waals surface area contributed by atoms with E-state index < -0.39 is 0 Å². The molecular weight excluding hydrogens is 346 g/mol. The predicted octanol–water partition coefficient (Wildman–Crippen LogP) is 4.72. The molecule has 0 aliphatic carbocycles. The van der Waals surface area contributed by atoms with Gasteiger partial charge in [0, 0.05) is 11.1 Å². The number of hydrogen-bond donors (Lipinski definition) is 1. The van der Waals surface area contributed by atoms with Crippen LogP contribution in [0.1, 0.15) is 11.1 Å². The average molecular weight is 363 g/mol. The van der Waals surface area contributed by atoms with E-state index in [2.05, 4.69) is 15.3 Å². The van der Waals surface area contributed by atoms with E-state index in [0.717, 1.165) is 33.3 Å². The summed E-state index contributed by atoms with van der Waals surface area (Å²) >= 11 is 1.35. The molecule has 0 radical (unpaired) electrons. The molecule has 0 aliphatic heterocycles. The molecule has 1 N–H and O–H groups in total. The summed E-state index contributed by atoms with van der Waals surface area (Å²) in [7, 11) is 0. The monoisotopic (exact) mass is 363 g/mol. The van der Waals surface area contributed by atoms with Gasteiger partial charge in [-0.1, -0.05) is 36.0 Å². The van der Waals surface area contributed by atoms with Crippen LogP contribution >= 0.6 is 11.8 Å². The maximum absolute atomic E-state index is 12.4. The molecule has 2 aromatic heterocycles. The second kappa shape index (κ2) is 6.80. The number of benzene rings is 2. The normalized spacial score (nSPS) is 11.2. The molecule has 26 heavy (non-hydrogen) atoms. The van der Waals surface area contributed by atoms with Crippen LogP contribution in [0.3, 0.4) is 0 Å². The van der Waals surface area contributed by atoms with Crippen molar-refractivity contribution in [2.75, 3.05) is 11.1 Å². The van der Waals surface area contributed by atoms with Crippen LogP contribution in [0.5, 0.6) is 0 Å². The Balaban J connectivity index is 1.54. The molecule has 2 heterocycles. The van der Waals surface area contributed by atoms with Gasteiger partial charge in [-0.25, -0.2) is 9.97 Å². The van der Waals surface area contributed by atoms with Gasteiger partial charge in [0.15, 0.2) is 5.58 Å². The Morgan fingerprint density at radius 3 is 2.85 bits per heavy atom. The number of furan rings is 1. The molecule has 0 saturated carbocycles. The number of hydrogen-bond acceptors (Lipinski definition) is 5. The van der Waals surface area contributed by atoms with Crippen molar-refractivity contribution in [3.8, 4) is 0 Å². The molecule has 2 aromatic carbocycles. The van der Waals surface area contributed by atoms with E-state index in [9.17, 15) is 4.79 Å². The second-order valence-corrected chi connectivity index (χ2v) is 7.00. The van der Waals surface area contributed by atoms with Gasteiger partial charge < -0.3 is 9.73 Å². The molecular formula is C20H17N3O2S. The van der Waals surface area contributed by atoms with Crippen molar-refractivity contribution in [2.24, 2.45) is 0 Å². The number of rotatable bonds is 4. The fourth-order valence-electron chi connectivity index (χ4n) is 2.81. The zero-order valence-electron chi connectivity index (χ0n) is 14.4. The SMILES string of the molecule is Cc1cccc(NC(=O)CSc2ncnc3c2oc2ccccc23)c1C. The quantitative estimate of drug-likeness (QED) is 0.419. The second-order valence-electron chi connectivity index (χ2n) is 6.04. The largest absolute Gasteiger partial charge is 0.451 e. The number of aromatic nitrogens is 2. The molecule has 0 spiro atoms. The van der Waals surface area contributed by atoms with E-state index in [1.165, 1.54) is 18.1 Å². The Morgan fingerprint density at radius 1 is 1.12 bits per heavy atom. The summed E-state index contributed by atoms with van der Waals surface area (Å²) < 4.78 is 5.89. The van der Waals surface area contributed by atoms with E-state index >= 15 is 0 Å². The number of nitrogens with zero attached hydrogens (tertiary/aromatic N) is 2. The number of amides is 1. The van der Waals surface area contributed by atoms with Crippen molar-refractivity contribution < 1.29 is 9.21 Å². The van der Waals surface area contributed by atoms with Crippen molar-refractivity contribution in [1.29, 1.82) is 0 Å². The lowest BCUT2D eigenvalue weighted by molar-refractivity contribution is -0.113. The number of para-hydroxylation sites is 1. The number of aryl methyl sites for hydroxylation is 1. The number of thioether (sulfide) groups is 1. The van der Waals surface area contributed by atoms with Crippen molar-refractivity contribution in [2.45, 2.75) is 18.9 Å². The zero-order chi connectivity index (χ0) is 18.1. The smallest absolute Gasteiger partial charge is 0.234 e. The summed E-state index contributed by atoms with van der Waals surface area (Å²) in [5, 5.41) is 4.58. The summed E-state index contributed by atoms with van der Waals surface area (Å²) in [6.07, 6.45) is 1.51. The Kier molecular flexibility index (Phi) is 4.34. The standard InChI is InChI=1S/C20H17N3O2S/c1-12-6-5-8-15(13(12)2)23-17(24)10-26-20-19-18(21-11-22-20)14-7-3-4-9-16(14)25-19/h3-9,11H,10H2,1-2H3,(H,23,24). The van der Waals surface area contributed by atoms with Crippen molar-refractivity contribution in [3.05, 3.63) is 59.9 Å². The molecule has 0 aliphatic rings. The molecule has 4 rings (SSSR count). The Morgan fingerprint density at radius 2 is 1.96 bits per heavy atom. The lowest BCUT2D eigenvalue weighted by Gasteiger charge is -2.10. The number of fused-ring (bicyclic) bond motifs is 3. The van der Waals surface area contributed by atoms with E-state index in [4.69, 9.17) is 4.42 Å². The summed E-state index contributed by atoms with van der Waals surface area (Å²) in [6, 6.07) is 13.6. The third-order valence-electron chi connectivity index (χ3n) is 4.34. The molecule has 0 unspecified atom stereocenters. The first-order valence-electron chi connectivity index (χ1n) is 8.24. The fraction of sp³-hybridized carbons (Fsp3) is 0.150. The highest BCUT2D eigenvalue weighted by atomic mass is 32.2. The molecule has 1 amide bonds. The minimum absolute atomic E-state index is 0.0772. The maximum Gasteiger partial charge on any atom is 0.234 e. The van der Waals surface area contributed by atoms with E-state index in [1.807, 2.05) is 56.3 Å². The van der Waals surface area contributed by atoms with E-state index in [-0.39, 0.29) is 11.7 Å². The van der Waals surface area contributed by atoms with E-state index in [1.54, 1.807) is 0 Å². The van der Waals surface area contributed by atoms with Gasteiger partial charge in [-0.2, -0.15) is 0 Å². The Bertz CT molecular complexity index is 1120. The number of anilines is 1. The van der Waals surface area contributed by atoms with Crippen LogP contribution in [0.2, 0.25) is 0 Å². The fourth-order valence-corrected chi connectivity index (χ4v) is 3.54. The van der Waals surface area contributed by atoms with Crippen LogP contribution in [-0.4, -0.2) is 21.6 Å². The Hall–Kier alpha value is -2.86. The summed E-state index contributed by atoms with van der Waals surface area (Å²) in [5.41, 5.74) is 5.23. The highest BCUT2D eigenvalue weighted by molar-refractivity contribution is 8.00. The van der Waals surface area contributed by atoms with Crippen molar-refractivity contribution in [3.63, 3.8) is 0 Å². The van der Waals surface area contributed by atoms with Crippen LogP contribution < -0.4 is 5.32 Å².